The minimum absolute atomic E-state index is 0.0141. The molecule has 306 valence electrons. The summed E-state index contributed by atoms with van der Waals surface area (Å²) in [4.78, 5) is 15.2. The predicted molar refractivity (Wildman–Crippen MR) is 203 cm³/mol. The lowest BCUT2D eigenvalue weighted by atomic mass is 9.44. The van der Waals surface area contributed by atoms with Crippen LogP contribution in [0.2, 0.25) is 0 Å². The first-order valence-corrected chi connectivity index (χ1v) is 21.6. The van der Waals surface area contributed by atoms with Gasteiger partial charge in [-0.1, -0.05) is 24.6 Å². The molecule has 11 nitrogen and oxygen atoms in total. The van der Waals surface area contributed by atoms with E-state index in [2.05, 4.69) is 13.8 Å². The van der Waals surface area contributed by atoms with Crippen LogP contribution >= 0.6 is 0 Å². The number of methoxy groups -OCH3 is 1. The number of hydrogen-bond acceptors (Lipinski definition) is 11. The van der Waals surface area contributed by atoms with Gasteiger partial charge in [-0.3, -0.25) is 9.00 Å². The first-order chi connectivity index (χ1) is 26.0. The topological polar surface area (TPSA) is 117 Å². The molecule has 2 unspecified atom stereocenters. The monoisotopic (exact) mass is 778 g/mol. The van der Waals surface area contributed by atoms with Crippen molar-refractivity contribution in [3.63, 3.8) is 0 Å². The van der Waals surface area contributed by atoms with Crippen molar-refractivity contribution < 1.29 is 51.6 Å². The van der Waals surface area contributed by atoms with Crippen LogP contribution in [0, 0.1) is 35.5 Å². The van der Waals surface area contributed by atoms with Crippen molar-refractivity contribution in [1.82, 2.24) is 0 Å². The van der Waals surface area contributed by atoms with Gasteiger partial charge in [-0.05, 0) is 128 Å². The second-order valence-electron chi connectivity index (χ2n) is 16.6. The van der Waals surface area contributed by atoms with E-state index in [9.17, 15) is 9.00 Å². The maximum absolute atomic E-state index is 14.5. The number of benzene rings is 1. The molecule has 54 heavy (non-hydrogen) atoms. The Morgan fingerprint density at radius 1 is 0.833 bits per heavy atom. The average molecular weight is 779 g/mol. The van der Waals surface area contributed by atoms with Crippen LogP contribution in [0.5, 0.6) is 0 Å². The Bertz CT molecular complexity index is 1410. The molecule has 0 aromatic heterocycles. The van der Waals surface area contributed by atoms with Crippen molar-refractivity contribution in [3.05, 3.63) is 29.8 Å². The van der Waals surface area contributed by atoms with Crippen molar-refractivity contribution in [2.75, 3.05) is 47.3 Å². The molecule has 0 bridgehead atoms. The summed E-state index contributed by atoms with van der Waals surface area (Å²) in [7, 11) is 0.196. The zero-order chi connectivity index (χ0) is 38.7. The number of hydrogen-bond donors (Lipinski definition) is 0. The lowest BCUT2D eigenvalue weighted by molar-refractivity contribution is -0.339. The molecular weight excluding hydrogens is 713 g/mol. The standard InChI is InChI=1S/C42H66O11S/c1-9-46-24-49-35-28(5)52-39(37(36(35)45-8)50-25-47-10-2)53-30-18-20-40(6)29(22-30)14-17-33-32(40)19-21-41(7)38(43)34(23-42(33,41)51-26-48-11-3)54(44)31-15-12-27(4)13-16-31/h12-13,15-16,28-30,32-37,39H,9-11,14,17-26H2,1-8H3/t28-,29+,30-,32-,33+,34?,35-,36+,37-,39-,40-,41+,42-,54?/m0/s1. The van der Waals surface area contributed by atoms with Gasteiger partial charge in [-0.2, -0.15) is 0 Å². The van der Waals surface area contributed by atoms with Gasteiger partial charge < -0.3 is 42.6 Å². The molecule has 1 saturated heterocycles. The Morgan fingerprint density at radius 2 is 1.50 bits per heavy atom. The highest BCUT2D eigenvalue weighted by molar-refractivity contribution is 7.86. The van der Waals surface area contributed by atoms with Crippen LogP contribution in [0.15, 0.2) is 29.2 Å². The second-order valence-corrected chi connectivity index (χ2v) is 18.2. The first-order valence-electron chi connectivity index (χ1n) is 20.4. The van der Waals surface area contributed by atoms with Gasteiger partial charge in [0.1, 0.15) is 43.9 Å². The number of Topliss-reactive ketones (excluding diaryl/α,β-unsaturated/α-hetero) is 1. The van der Waals surface area contributed by atoms with Crippen LogP contribution in [0.1, 0.15) is 98.5 Å². The Morgan fingerprint density at radius 3 is 2.17 bits per heavy atom. The van der Waals surface area contributed by atoms with Gasteiger partial charge in [-0.15, -0.1) is 0 Å². The van der Waals surface area contributed by atoms with Crippen LogP contribution in [-0.4, -0.2) is 105 Å². The third kappa shape index (κ3) is 7.92. The Hall–Kier alpha value is -1.32. The highest BCUT2D eigenvalue weighted by Gasteiger charge is 2.72. The molecule has 0 amide bonds. The van der Waals surface area contributed by atoms with Crippen molar-refractivity contribution in [2.45, 2.75) is 152 Å². The minimum atomic E-state index is -1.47. The molecule has 12 heteroatoms. The van der Waals surface area contributed by atoms with Gasteiger partial charge in [-0.25, -0.2) is 0 Å². The van der Waals surface area contributed by atoms with E-state index in [0.717, 1.165) is 50.5 Å². The lowest BCUT2D eigenvalue weighted by Gasteiger charge is -2.63. The number of carbonyl (C=O) groups is 1. The van der Waals surface area contributed by atoms with Gasteiger partial charge in [0.05, 0.1) is 34.0 Å². The summed E-state index contributed by atoms with van der Waals surface area (Å²) in [6.07, 6.45) is 4.51. The fraction of sp³-hybridized carbons (Fsp3) is 0.833. The molecule has 5 aliphatic rings. The molecule has 1 heterocycles. The van der Waals surface area contributed by atoms with Crippen LogP contribution in [0.4, 0.5) is 0 Å². The van der Waals surface area contributed by atoms with Crippen LogP contribution in [0.3, 0.4) is 0 Å². The minimum Gasteiger partial charge on any atom is -0.376 e. The average Bonchev–Trinajstić information content (AvgIpc) is 3.39. The summed E-state index contributed by atoms with van der Waals surface area (Å²) in [5, 5.41) is -0.608. The van der Waals surface area contributed by atoms with E-state index in [0.29, 0.717) is 43.0 Å². The smallest absolute Gasteiger partial charge is 0.187 e. The molecule has 6 rings (SSSR count). The largest absolute Gasteiger partial charge is 0.376 e. The molecule has 14 atom stereocenters. The Balaban J connectivity index is 1.20. The molecule has 0 N–H and O–H groups in total. The normalized spacial score (nSPS) is 41.2. The third-order valence-electron chi connectivity index (χ3n) is 14.0. The van der Waals surface area contributed by atoms with Gasteiger partial charge in [0.15, 0.2) is 12.1 Å². The zero-order valence-corrected chi connectivity index (χ0v) is 34.7. The molecule has 1 aromatic rings. The van der Waals surface area contributed by atoms with E-state index in [1.807, 2.05) is 58.9 Å². The van der Waals surface area contributed by atoms with E-state index in [1.165, 1.54) is 0 Å². The molecule has 0 radical (unpaired) electrons. The predicted octanol–water partition coefficient (Wildman–Crippen LogP) is 6.73. The maximum Gasteiger partial charge on any atom is 0.187 e. The molecule has 5 fully saturated rings. The summed E-state index contributed by atoms with van der Waals surface area (Å²) in [5.41, 5.74) is -0.318. The van der Waals surface area contributed by atoms with Gasteiger partial charge in [0.25, 0.3) is 0 Å². The summed E-state index contributed by atoms with van der Waals surface area (Å²) in [6, 6.07) is 7.76. The van der Waals surface area contributed by atoms with Crippen LogP contribution in [0.25, 0.3) is 0 Å². The summed E-state index contributed by atoms with van der Waals surface area (Å²) in [5.74, 6) is 1.04. The fourth-order valence-electron chi connectivity index (χ4n) is 11.0. The molecule has 0 spiro atoms. The second kappa shape index (κ2) is 18.1. The number of aryl methyl sites for hydroxylation is 1. The number of ketones is 1. The van der Waals surface area contributed by atoms with Crippen LogP contribution in [-0.2, 0) is 58.2 Å². The zero-order valence-electron chi connectivity index (χ0n) is 33.9. The van der Waals surface area contributed by atoms with Crippen molar-refractivity contribution in [1.29, 1.82) is 0 Å². The van der Waals surface area contributed by atoms with E-state index in [4.69, 9.17) is 42.6 Å². The summed E-state index contributed by atoms with van der Waals surface area (Å²) >= 11 is 0. The number of fused-ring (bicyclic) bond motifs is 5. The lowest BCUT2D eigenvalue weighted by Crippen LogP contribution is -2.64. The van der Waals surface area contributed by atoms with Gasteiger partial charge >= 0.3 is 0 Å². The van der Waals surface area contributed by atoms with Crippen LogP contribution < -0.4 is 0 Å². The highest BCUT2D eigenvalue weighted by atomic mass is 32.2. The van der Waals surface area contributed by atoms with Crippen molar-refractivity contribution >= 4 is 16.6 Å². The van der Waals surface area contributed by atoms with Gasteiger partial charge in [0.2, 0.25) is 0 Å². The summed E-state index contributed by atoms with van der Waals surface area (Å²) in [6.45, 7) is 16.4. The maximum atomic E-state index is 14.5. The highest BCUT2D eigenvalue weighted by Crippen LogP contribution is 2.68. The van der Waals surface area contributed by atoms with E-state index < -0.39 is 51.7 Å². The molecular formula is C42H66O11S. The van der Waals surface area contributed by atoms with E-state index >= 15 is 0 Å². The number of rotatable bonds is 17. The first kappa shape index (κ1) is 42.3. The number of carbonyl (C=O) groups excluding carboxylic acids is 1. The fourth-order valence-corrected chi connectivity index (χ4v) is 12.6. The third-order valence-corrected chi connectivity index (χ3v) is 15.6. The Kier molecular flexibility index (Phi) is 14.2. The molecule has 1 aromatic carbocycles. The van der Waals surface area contributed by atoms with Gasteiger partial charge in [0, 0.05) is 31.8 Å². The number of ether oxygens (including phenoxy) is 9. The summed E-state index contributed by atoms with van der Waals surface area (Å²) < 4.78 is 69.6. The van der Waals surface area contributed by atoms with E-state index in [-0.39, 0.29) is 49.7 Å². The van der Waals surface area contributed by atoms with E-state index in [1.54, 1.807) is 7.11 Å². The molecule has 4 saturated carbocycles. The molecule has 1 aliphatic heterocycles. The molecule has 4 aliphatic carbocycles. The Labute approximate surface area is 325 Å². The SMILES string of the molecule is CCOCO[C@@H]1[C@H](O[C@H]2CC[C@@]3(C)[C@H](CC[C@@H]4[C@@H]3CC[C@]3(C)C(=O)C(S(=O)c5ccc(C)cc5)C[C@]43OCOCC)C2)O[C@@H](C)[C@H](OCOCC)[C@H]1OC. The van der Waals surface area contributed by atoms with Crippen molar-refractivity contribution in [2.24, 2.45) is 28.6 Å². The quantitative estimate of drug-likeness (QED) is 0.0953. The van der Waals surface area contributed by atoms with Crippen molar-refractivity contribution in [3.8, 4) is 0 Å².